The molecule has 1 saturated heterocycles. The highest BCUT2D eigenvalue weighted by Crippen LogP contribution is 2.29. The molecule has 1 atom stereocenters. The molecule has 0 saturated carbocycles. The zero-order valence-corrected chi connectivity index (χ0v) is 14.2. The van der Waals surface area contributed by atoms with Gasteiger partial charge in [-0.2, -0.15) is 0 Å². The lowest BCUT2D eigenvalue weighted by Crippen LogP contribution is -2.55. The van der Waals surface area contributed by atoms with Crippen LogP contribution in [0, 0.1) is 0 Å². The number of rotatable bonds is 6. The highest BCUT2D eigenvalue weighted by Gasteiger charge is 2.41. The van der Waals surface area contributed by atoms with Gasteiger partial charge in [-0.15, -0.1) is 0 Å². The zero-order valence-electron chi connectivity index (χ0n) is 14.2. The molecular formula is C18H24N2O4. The van der Waals surface area contributed by atoms with Crippen molar-refractivity contribution < 1.29 is 19.1 Å². The van der Waals surface area contributed by atoms with E-state index in [2.05, 4.69) is 5.32 Å². The van der Waals surface area contributed by atoms with Crippen molar-refractivity contribution in [1.29, 1.82) is 0 Å². The van der Waals surface area contributed by atoms with Gasteiger partial charge in [0.25, 0.3) is 11.8 Å². The normalized spacial score (nSPS) is 22.8. The second-order valence-electron chi connectivity index (χ2n) is 6.15. The van der Waals surface area contributed by atoms with Gasteiger partial charge in [-0.25, -0.2) is 0 Å². The quantitative estimate of drug-likeness (QED) is 0.635. The van der Waals surface area contributed by atoms with E-state index in [1.54, 1.807) is 24.3 Å². The largest absolute Gasteiger partial charge is 0.350 e. The average Bonchev–Trinajstić information content (AvgIpc) is 2.81. The van der Waals surface area contributed by atoms with Crippen LogP contribution in [-0.4, -0.2) is 54.8 Å². The lowest BCUT2D eigenvalue weighted by Gasteiger charge is -2.41. The number of fused-ring (bicyclic) bond motifs is 1. The number of amides is 2. The van der Waals surface area contributed by atoms with Crippen molar-refractivity contribution in [2.45, 2.75) is 38.5 Å². The highest BCUT2D eigenvalue weighted by atomic mass is 16.7. The van der Waals surface area contributed by atoms with Crippen molar-refractivity contribution >= 4 is 11.8 Å². The molecule has 130 valence electrons. The zero-order chi connectivity index (χ0) is 17.2. The molecule has 6 nitrogen and oxygen atoms in total. The summed E-state index contributed by atoms with van der Waals surface area (Å²) >= 11 is 0. The Labute approximate surface area is 142 Å². The number of carbonyl (C=O) groups is 2. The second-order valence-corrected chi connectivity index (χ2v) is 6.15. The fraction of sp³-hybridized carbons (Fsp3) is 0.556. The fourth-order valence-corrected chi connectivity index (χ4v) is 3.60. The number of hydrogen-bond donors (Lipinski definition) is 1. The van der Waals surface area contributed by atoms with Crippen molar-refractivity contribution in [3.63, 3.8) is 0 Å². The second kappa shape index (κ2) is 7.01. The first-order valence-corrected chi connectivity index (χ1v) is 8.56. The van der Waals surface area contributed by atoms with Crippen LogP contribution in [0.4, 0.5) is 0 Å². The summed E-state index contributed by atoms with van der Waals surface area (Å²) in [5, 5.41) is 3.38. The van der Waals surface area contributed by atoms with E-state index in [4.69, 9.17) is 9.47 Å². The van der Waals surface area contributed by atoms with Crippen molar-refractivity contribution in [1.82, 2.24) is 10.2 Å². The molecule has 2 heterocycles. The minimum Gasteiger partial charge on any atom is -0.350 e. The molecule has 2 aliphatic heterocycles. The predicted octanol–water partition coefficient (Wildman–Crippen LogP) is 1.80. The number of carbonyl (C=O) groups excluding carboxylic acids is 2. The smallest absolute Gasteiger partial charge is 0.261 e. The van der Waals surface area contributed by atoms with Crippen molar-refractivity contribution in [3.05, 3.63) is 35.4 Å². The molecule has 6 heteroatoms. The maximum atomic E-state index is 12.5. The third-order valence-corrected chi connectivity index (χ3v) is 4.59. The molecule has 2 amide bonds. The van der Waals surface area contributed by atoms with Gasteiger partial charge in [0.15, 0.2) is 5.79 Å². The Kier molecular flexibility index (Phi) is 4.99. The molecule has 1 N–H and O–H groups in total. The van der Waals surface area contributed by atoms with Gasteiger partial charge in [-0.1, -0.05) is 12.1 Å². The number of piperidine rings is 1. The topological polar surface area (TPSA) is 67.9 Å². The lowest BCUT2D eigenvalue weighted by molar-refractivity contribution is -0.250. The molecule has 0 aliphatic carbocycles. The van der Waals surface area contributed by atoms with E-state index in [0.717, 1.165) is 13.0 Å². The van der Waals surface area contributed by atoms with Crippen LogP contribution >= 0.6 is 0 Å². The van der Waals surface area contributed by atoms with E-state index in [1.165, 1.54) is 4.90 Å². The third-order valence-electron chi connectivity index (χ3n) is 4.59. The molecule has 24 heavy (non-hydrogen) atoms. The number of nitrogens with one attached hydrogen (secondary N) is 1. The highest BCUT2D eigenvalue weighted by molar-refractivity contribution is 6.21. The van der Waals surface area contributed by atoms with Gasteiger partial charge >= 0.3 is 0 Å². The number of ether oxygens (including phenoxy) is 2. The van der Waals surface area contributed by atoms with Gasteiger partial charge in [0.05, 0.1) is 11.1 Å². The van der Waals surface area contributed by atoms with E-state index in [9.17, 15) is 9.59 Å². The van der Waals surface area contributed by atoms with Crippen LogP contribution in [0.2, 0.25) is 0 Å². The molecule has 1 unspecified atom stereocenters. The number of hydrogen-bond acceptors (Lipinski definition) is 5. The third kappa shape index (κ3) is 3.09. The van der Waals surface area contributed by atoms with Crippen LogP contribution in [0.3, 0.4) is 0 Å². The summed E-state index contributed by atoms with van der Waals surface area (Å²) in [4.78, 5) is 26.3. The number of benzene rings is 1. The number of imide groups is 1. The van der Waals surface area contributed by atoms with E-state index in [0.29, 0.717) is 37.3 Å². The lowest BCUT2D eigenvalue weighted by atomic mass is 9.97. The Morgan fingerprint density at radius 2 is 1.71 bits per heavy atom. The van der Waals surface area contributed by atoms with Crippen LogP contribution in [0.5, 0.6) is 0 Å². The Morgan fingerprint density at radius 1 is 1.12 bits per heavy atom. The molecule has 0 bridgehead atoms. The van der Waals surface area contributed by atoms with E-state index >= 15 is 0 Å². The molecule has 1 aromatic rings. The predicted molar refractivity (Wildman–Crippen MR) is 88.8 cm³/mol. The minimum atomic E-state index is -0.627. The molecule has 2 aliphatic rings. The summed E-state index contributed by atoms with van der Waals surface area (Å²) in [7, 11) is 0. The van der Waals surface area contributed by atoms with E-state index in [1.807, 2.05) is 13.8 Å². The number of nitrogens with zero attached hydrogens (tertiary/aromatic N) is 1. The first-order valence-electron chi connectivity index (χ1n) is 8.56. The summed E-state index contributed by atoms with van der Waals surface area (Å²) in [6.07, 6.45) is 1.37. The van der Waals surface area contributed by atoms with Crippen molar-refractivity contribution in [2.24, 2.45) is 0 Å². The summed E-state index contributed by atoms with van der Waals surface area (Å²) in [5.74, 6) is -1.07. The summed E-state index contributed by atoms with van der Waals surface area (Å²) < 4.78 is 11.7. The first-order chi connectivity index (χ1) is 11.6. The molecular weight excluding hydrogens is 308 g/mol. The summed E-state index contributed by atoms with van der Waals surface area (Å²) in [5.41, 5.74) is 0.971. The molecule has 0 radical (unpaired) electrons. The van der Waals surface area contributed by atoms with Gasteiger partial charge in [0.1, 0.15) is 0 Å². The van der Waals surface area contributed by atoms with Gasteiger partial charge in [-0.05, 0) is 26.0 Å². The van der Waals surface area contributed by atoms with Gasteiger partial charge in [0, 0.05) is 45.2 Å². The van der Waals surface area contributed by atoms with E-state index < -0.39 is 5.79 Å². The Bertz CT molecular complexity index is 585. The average molecular weight is 332 g/mol. The standard InChI is InChI=1S/C18H24N2O4/c1-3-23-18(24-4-2)9-10-19-13(11-18)12-20-16(21)14-7-5-6-8-15(14)17(20)22/h5-8,13,19H,3-4,9-12H2,1-2H3. The monoisotopic (exact) mass is 332 g/mol. The molecule has 1 aromatic carbocycles. The Hall–Kier alpha value is -1.76. The summed E-state index contributed by atoms with van der Waals surface area (Å²) in [6.45, 7) is 6.09. The van der Waals surface area contributed by atoms with Crippen LogP contribution < -0.4 is 5.32 Å². The maximum Gasteiger partial charge on any atom is 0.261 e. The first kappa shape index (κ1) is 17.1. The Balaban J connectivity index is 1.72. The maximum absolute atomic E-state index is 12.5. The summed E-state index contributed by atoms with van der Waals surface area (Å²) in [6, 6.07) is 6.92. The van der Waals surface area contributed by atoms with Crippen molar-refractivity contribution in [2.75, 3.05) is 26.3 Å². The van der Waals surface area contributed by atoms with Crippen LogP contribution in [0.25, 0.3) is 0 Å². The van der Waals surface area contributed by atoms with Crippen molar-refractivity contribution in [3.8, 4) is 0 Å². The van der Waals surface area contributed by atoms with Crippen LogP contribution in [0.1, 0.15) is 47.4 Å². The SMILES string of the molecule is CCOC1(OCC)CCNC(CN2C(=O)c3ccccc3C2=O)C1. The van der Waals surface area contributed by atoms with Gasteiger partial charge < -0.3 is 14.8 Å². The molecule has 3 rings (SSSR count). The Morgan fingerprint density at radius 3 is 2.25 bits per heavy atom. The van der Waals surface area contributed by atoms with Crippen LogP contribution in [-0.2, 0) is 9.47 Å². The minimum absolute atomic E-state index is 0.0425. The van der Waals surface area contributed by atoms with Crippen LogP contribution in [0.15, 0.2) is 24.3 Å². The van der Waals surface area contributed by atoms with Gasteiger partial charge in [-0.3, -0.25) is 14.5 Å². The van der Waals surface area contributed by atoms with Gasteiger partial charge in [0.2, 0.25) is 0 Å². The molecule has 0 spiro atoms. The van der Waals surface area contributed by atoms with E-state index in [-0.39, 0.29) is 17.9 Å². The molecule has 1 fully saturated rings. The fourth-order valence-electron chi connectivity index (χ4n) is 3.60. The molecule has 0 aromatic heterocycles.